The van der Waals surface area contributed by atoms with E-state index in [1.54, 1.807) is 24.5 Å². The molecule has 0 spiro atoms. The molecular formula is C18H24ClN5O. The summed E-state index contributed by atoms with van der Waals surface area (Å²) < 4.78 is 0. The molecule has 1 aliphatic rings. The first kappa shape index (κ1) is 19.1. The van der Waals surface area contributed by atoms with Crippen molar-refractivity contribution in [3.8, 4) is 0 Å². The number of hydrogen-bond acceptors (Lipinski definition) is 5. The van der Waals surface area contributed by atoms with Crippen molar-refractivity contribution < 1.29 is 4.79 Å². The second-order valence-corrected chi connectivity index (χ2v) is 6.22. The fraction of sp³-hybridized carbons (Fsp3) is 0.389. The van der Waals surface area contributed by atoms with Crippen LogP contribution in [0, 0.1) is 0 Å². The Morgan fingerprint density at radius 1 is 1.20 bits per heavy atom. The Labute approximate surface area is 154 Å². The molecule has 1 fully saturated rings. The van der Waals surface area contributed by atoms with Crippen molar-refractivity contribution in [2.75, 3.05) is 37.4 Å². The molecule has 3 rings (SSSR count). The highest BCUT2D eigenvalue weighted by Crippen LogP contribution is 2.21. The van der Waals surface area contributed by atoms with Crippen LogP contribution < -0.4 is 10.2 Å². The number of pyridine rings is 2. The van der Waals surface area contributed by atoms with Crippen LogP contribution in [-0.4, -0.2) is 54.0 Å². The van der Waals surface area contributed by atoms with Crippen molar-refractivity contribution in [3.05, 3.63) is 48.3 Å². The van der Waals surface area contributed by atoms with Crippen LogP contribution >= 0.6 is 12.4 Å². The Bertz CT molecular complexity index is 689. The molecule has 0 aromatic carbocycles. The highest BCUT2D eigenvalue weighted by atomic mass is 35.5. The van der Waals surface area contributed by atoms with Crippen LogP contribution in [0.2, 0.25) is 0 Å². The smallest absolute Gasteiger partial charge is 0.256 e. The summed E-state index contributed by atoms with van der Waals surface area (Å²) in [5, 5.41) is 2.85. The van der Waals surface area contributed by atoms with Crippen LogP contribution in [-0.2, 0) is 0 Å². The summed E-state index contributed by atoms with van der Waals surface area (Å²) in [5.41, 5.74) is 0.570. The summed E-state index contributed by atoms with van der Waals surface area (Å²) >= 11 is 0. The number of halogens is 1. The molecule has 0 atom stereocenters. The first-order valence-electron chi connectivity index (χ1n) is 8.23. The molecule has 1 N–H and O–H groups in total. The molecule has 0 unspecified atom stereocenters. The standard InChI is InChI=1S/C18H23N5O.ClH/c1-22-12-8-15(9-13-22)23(2)17-5-3-4-16(20-17)21-18(24)14-6-10-19-11-7-14;/h3-7,10-11,15H,8-9,12-13H2,1-2H3,(H,20,21,24);1H. The molecule has 0 bridgehead atoms. The topological polar surface area (TPSA) is 61.4 Å². The number of nitrogens with one attached hydrogen (secondary N) is 1. The average molecular weight is 362 g/mol. The minimum absolute atomic E-state index is 0. The second-order valence-electron chi connectivity index (χ2n) is 6.22. The van der Waals surface area contributed by atoms with Gasteiger partial charge in [0.15, 0.2) is 0 Å². The molecule has 2 aromatic rings. The van der Waals surface area contributed by atoms with Crippen molar-refractivity contribution in [3.63, 3.8) is 0 Å². The third kappa shape index (κ3) is 4.90. The SMILES string of the molecule is CN1CCC(N(C)c2cccc(NC(=O)c3ccncc3)n2)CC1.Cl. The van der Waals surface area contributed by atoms with E-state index < -0.39 is 0 Å². The lowest BCUT2D eigenvalue weighted by atomic mass is 10.0. The minimum Gasteiger partial charge on any atom is -0.357 e. The predicted molar refractivity (Wildman–Crippen MR) is 103 cm³/mol. The van der Waals surface area contributed by atoms with E-state index in [1.807, 2.05) is 18.2 Å². The maximum Gasteiger partial charge on any atom is 0.256 e. The number of hydrogen-bond donors (Lipinski definition) is 1. The van der Waals surface area contributed by atoms with Crippen LogP contribution in [0.1, 0.15) is 23.2 Å². The highest BCUT2D eigenvalue weighted by Gasteiger charge is 2.21. The van der Waals surface area contributed by atoms with Gasteiger partial charge < -0.3 is 15.1 Å². The zero-order chi connectivity index (χ0) is 16.9. The van der Waals surface area contributed by atoms with Crippen molar-refractivity contribution >= 4 is 29.9 Å². The first-order valence-corrected chi connectivity index (χ1v) is 8.23. The molecule has 1 saturated heterocycles. The largest absolute Gasteiger partial charge is 0.357 e. The van der Waals surface area contributed by atoms with E-state index in [2.05, 4.69) is 39.2 Å². The number of anilines is 2. The van der Waals surface area contributed by atoms with Gasteiger partial charge in [-0.1, -0.05) is 6.07 Å². The van der Waals surface area contributed by atoms with Crippen LogP contribution in [0.3, 0.4) is 0 Å². The summed E-state index contributed by atoms with van der Waals surface area (Å²) in [6, 6.07) is 9.58. The molecule has 6 nitrogen and oxygen atoms in total. The summed E-state index contributed by atoms with van der Waals surface area (Å²) in [7, 11) is 4.23. The predicted octanol–water partition coefficient (Wildman–Crippen LogP) is 2.68. The Balaban J connectivity index is 0.00000225. The molecule has 1 amide bonds. The maximum atomic E-state index is 12.2. The summed E-state index contributed by atoms with van der Waals surface area (Å²) in [4.78, 5) is 25.3. The molecule has 0 saturated carbocycles. The van der Waals surface area contributed by atoms with E-state index in [0.29, 0.717) is 17.4 Å². The average Bonchev–Trinajstić information content (AvgIpc) is 2.63. The number of nitrogens with zero attached hydrogens (tertiary/aromatic N) is 4. The Kier molecular flexibility index (Phi) is 6.73. The zero-order valence-electron chi connectivity index (χ0n) is 14.6. The first-order chi connectivity index (χ1) is 11.6. The van der Waals surface area contributed by atoms with Crippen LogP contribution in [0.15, 0.2) is 42.7 Å². The van der Waals surface area contributed by atoms with Gasteiger partial charge in [0.2, 0.25) is 0 Å². The molecule has 25 heavy (non-hydrogen) atoms. The van der Waals surface area contributed by atoms with Gasteiger partial charge in [-0.05, 0) is 57.2 Å². The van der Waals surface area contributed by atoms with Crippen LogP contribution in [0.5, 0.6) is 0 Å². The van der Waals surface area contributed by atoms with Gasteiger partial charge in [-0.2, -0.15) is 0 Å². The number of piperidine rings is 1. The fourth-order valence-electron chi connectivity index (χ4n) is 2.95. The molecule has 7 heteroatoms. The van der Waals surface area contributed by atoms with E-state index in [0.717, 1.165) is 31.7 Å². The normalized spacial score (nSPS) is 15.3. The van der Waals surface area contributed by atoms with Gasteiger partial charge in [0.05, 0.1) is 0 Å². The van der Waals surface area contributed by atoms with Crippen molar-refractivity contribution in [1.29, 1.82) is 0 Å². The third-order valence-corrected chi connectivity index (χ3v) is 4.52. The lowest BCUT2D eigenvalue weighted by Gasteiger charge is -2.35. The fourth-order valence-corrected chi connectivity index (χ4v) is 2.95. The number of amides is 1. The number of likely N-dealkylation sites (tertiary alicyclic amines) is 1. The molecule has 134 valence electrons. The number of aromatic nitrogens is 2. The van der Waals surface area contributed by atoms with E-state index in [-0.39, 0.29) is 18.3 Å². The molecule has 0 radical (unpaired) electrons. The molecule has 1 aliphatic heterocycles. The van der Waals surface area contributed by atoms with Gasteiger partial charge in [0, 0.05) is 31.0 Å². The van der Waals surface area contributed by atoms with Crippen molar-refractivity contribution in [1.82, 2.24) is 14.9 Å². The Morgan fingerprint density at radius 3 is 2.56 bits per heavy atom. The summed E-state index contributed by atoms with van der Waals surface area (Å²) in [6.07, 6.45) is 5.46. The molecular weight excluding hydrogens is 338 g/mol. The lowest BCUT2D eigenvalue weighted by molar-refractivity contribution is 0.102. The van der Waals surface area contributed by atoms with E-state index in [1.165, 1.54) is 0 Å². The van der Waals surface area contributed by atoms with Crippen molar-refractivity contribution in [2.24, 2.45) is 0 Å². The molecule has 0 aliphatic carbocycles. The van der Waals surface area contributed by atoms with Gasteiger partial charge in [-0.15, -0.1) is 12.4 Å². The van der Waals surface area contributed by atoms with Gasteiger partial charge >= 0.3 is 0 Å². The highest BCUT2D eigenvalue weighted by molar-refractivity contribution is 6.03. The molecule has 2 aromatic heterocycles. The van der Waals surface area contributed by atoms with E-state index >= 15 is 0 Å². The van der Waals surface area contributed by atoms with Gasteiger partial charge in [-0.25, -0.2) is 4.98 Å². The summed E-state index contributed by atoms with van der Waals surface area (Å²) in [5.74, 6) is 1.27. The van der Waals surface area contributed by atoms with Gasteiger partial charge in [-0.3, -0.25) is 9.78 Å². The van der Waals surface area contributed by atoms with Crippen LogP contribution in [0.4, 0.5) is 11.6 Å². The quantitative estimate of drug-likeness (QED) is 0.907. The number of carbonyl (C=O) groups is 1. The Morgan fingerprint density at radius 2 is 1.88 bits per heavy atom. The van der Waals surface area contributed by atoms with E-state index in [4.69, 9.17) is 0 Å². The minimum atomic E-state index is -0.177. The zero-order valence-corrected chi connectivity index (χ0v) is 15.4. The monoisotopic (exact) mass is 361 g/mol. The van der Waals surface area contributed by atoms with E-state index in [9.17, 15) is 4.79 Å². The number of rotatable bonds is 4. The summed E-state index contributed by atoms with van der Waals surface area (Å²) in [6.45, 7) is 2.21. The third-order valence-electron chi connectivity index (χ3n) is 4.52. The molecule has 3 heterocycles. The Hall–Kier alpha value is -2.18. The van der Waals surface area contributed by atoms with Crippen LogP contribution in [0.25, 0.3) is 0 Å². The lowest BCUT2D eigenvalue weighted by Crippen LogP contribution is -2.42. The second kappa shape index (κ2) is 8.78. The van der Waals surface area contributed by atoms with Crippen molar-refractivity contribution in [2.45, 2.75) is 18.9 Å². The maximum absolute atomic E-state index is 12.2. The van der Waals surface area contributed by atoms with Gasteiger partial charge in [0.25, 0.3) is 5.91 Å². The van der Waals surface area contributed by atoms with Gasteiger partial charge in [0.1, 0.15) is 11.6 Å². The number of carbonyl (C=O) groups excluding carboxylic acids is 1.